The molecule has 0 spiro atoms. The summed E-state index contributed by atoms with van der Waals surface area (Å²) in [6.45, 7) is 5.93. The van der Waals surface area contributed by atoms with Gasteiger partial charge in [-0.05, 0) is 48.2 Å². The molecule has 1 N–H and O–H groups in total. The van der Waals surface area contributed by atoms with Crippen LogP contribution in [0, 0.1) is 5.82 Å². The molecule has 0 saturated carbocycles. The molecule has 0 bridgehead atoms. The summed E-state index contributed by atoms with van der Waals surface area (Å²) in [5.74, 6) is 0.206. The predicted molar refractivity (Wildman–Crippen MR) is 81.7 cm³/mol. The smallest absolute Gasteiger partial charge is 0.137 e. The maximum atomic E-state index is 14.0. The molecule has 3 heteroatoms. The summed E-state index contributed by atoms with van der Waals surface area (Å²) < 4.78 is 14.0. The Morgan fingerprint density at radius 1 is 0.950 bits per heavy atom. The van der Waals surface area contributed by atoms with Gasteiger partial charge in [-0.3, -0.25) is 0 Å². The molecule has 0 aliphatic rings. The first-order valence-corrected chi connectivity index (χ1v) is 7.54. The lowest BCUT2D eigenvalue weighted by Gasteiger charge is -2.09. The fraction of sp³-hybridized carbons (Fsp3) is 0.294. The number of hydrogen-bond donors (Lipinski definition) is 1. The van der Waals surface area contributed by atoms with Gasteiger partial charge in [0, 0.05) is 9.79 Å². The minimum absolute atomic E-state index is 0.290. The maximum absolute atomic E-state index is 14.0. The van der Waals surface area contributed by atoms with Gasteiger partial charge < -0.3 is 5.11 Å². The molecular formula is C17H19FOS. The number of benzene rings is 2. The van der Waals surface area contributed by atoms with Crippen LogP contribution in [0.1, 0.15) is 43.9 Å². The van der Waals surface area contributed by atoms with E-state index in [1.807, 2.05) is 12.1 Å². The van der Waals surface area contributed by atoms with Crippen LogP contribution in [0.15, 0.2) is 52.3 Å². The first kappa shape index (κ1) is 15.1. The highest BCUT2D eigenvalue weighted by atomic mass is 32.2. The average molecular weight is 290 g/mol. The van der Waals surface area contributed by atoms with Gasteiger partial charge in [0.25, 0.3) is 0 Å². The molecule has 0 amide bonds. The molecule has 0 heterocycles. The second-order valence-corrected chi connectivity index (χ2v) is 6.31. The Bertz CT molecular complexity index is 576. The molecule has 1 atom stereocenters. The number of aliphatic hydroxyl groups is 1. The number of halogens is 1. The second kappa shape index (κ2) is 6.42. The van der Waals surface area contributed by atoms with E-state index in [0.717, 1.165) is 4.90 Å². The Kier molecular flexibility index (Phi) is 4.84. The third kappa shape index (κ3) is 3.62. The Labute approximate surface area is 123 Å². The summed E-state index contributed by atoms with van der Waals surface area (Å²) in [7, 11) is 0. The van der Waals surface area contributed by atoms with Crippen LogP contribution >= 0.6 is 11.8 Å². The minimum atomic E-state index is -0.645. The molecule has 1 nitrogen and oxygen atoms in total. The van der Waals surface area contributed by atoms with Gasteiger partial charge in [0.05, 0.1) is 6.10 Å². The summed E-state index contributed by atoms with van der Waals surface area (Å²) in [6, 6.07) is 13.1. The Morgan fingerprint density at radius 2 is 1.55 bits per heavy atom. The van der Waals surface area contributed by atoms with Crippen LogP contribution in [-0.2, 0) is 0 Å². The van der Waals surface area contributed by atoms with Crippen molar-refractivity contribution in [2.24, 2.45) is 0 Å². The van der Waals surface area contributed by atoms with E-state index in [2.05, 4.69) is 26.0 Å². The molecule has 2 aromatic carbocycles. The molecule has 2 rings (SSSR count). The Morgan fingerprint density at radius 3 is 2.05 bits per heavy atom. The van der Waals surface area contributed by atoms with Crippen molar-refractivity contribution in [3.05, 3.63) is 59.4 Å². The molecule has 0 aliphatic heterocycles. The fourth-order valence-electron chi connectivity index (χ4n) is 1.91. The standard InChI is InChI=1S/C17H19FOS/c1-11(2)13-4-7-15(8-5-13)20-17-9-6-14(12(3)19)10-16(17)18/h4-12,19H,1-3H3. The zero-order chi connectivity index (χ0) is 14.7. The van der Waals surface area contributed by atoms with E-state index in [4.69, 9.17) is 0 Å². The van der Waals surface area contributed by atoms with E-state index in [9.17, 15) is 9.50 Å². The average Bonchev–Trinajstić information content (AvgIpc) is 2.41. The molecule has 0 aromatic heterocycles. The van der Waals surface area contributed by atoms with E-state index < -0.39 is 6.10 Å². The van der Waals surface area contributed by atoms with Crippen molar-refractivity contribution in [1.29, 1.82) is 0 Å². The van der Waals surface area contributed by atoms with E-state index >= 15 is 0 Å². The lowest BCUT2D eigenvalue weighted by Crippen LogP contribution is -1.93. The number of hydrogen-bond acceptors (Lipinski definition) is 2. The van der Waals surface area contributed by atoms with Crippen LogP contribution < -0.4 is 0 Å². The van der Waals surface area contributed by atoms with Gasteiger partial charge >= 0.3 is 0 Å². The Balaban J connectivity index is 2.17. The largest absolute Gasteiger partial charge is 0.389 e. The summed E-state index contributed by atoms with van der Waals surface area (Å²) in [5, 5.41) is 9.44. The summed E-state index contributed by atoms with van der Waals surface area (Å²) in [5.41, 5.74) is 1.88. The molecule has 2 aromatic rings. The molecule has 1 unspecified atom stereocenters. The summed E-state index contributed by atoms with van der Waals surface area (Å²) in [6.07, 6.45) is -0.645. The zero-order valence-corrected chi connectivity index (χ0v) is 12.7. The third-order valence-corrected chi connectivity index (χ3v) is 4.27. The minimum Gasteiger partial charge on any atom is -0.389 e. The van der Waals surface area contributed by atoms with Gasteiger partial charge in [0.2, 0.25) is 0 Å². The Hall–Kier alpha value is -1.32. The van der Waals surface area contributed by atoms with E-state index in [1.54, 1.807) is 19.1 Å². The molecule has 0 radical (unpaired) electrons. The lowest BCUT2D eigenvalue weighted by atomic mass is 10.0. The van der Waals surface area contributed by atoms with Gasteiger partial charge in [-0.15, -0.1) is 0 Å². The molecule has 0 fully saturated rings. The molecule has 0 saturated heterocycles. The molecule has 20 heavy (non-hydrogen) atoms. The van der Waals surface area contributed by atoms with Crippen molar-refractivity contribution >= 4 is 11.8 Å². The van der Waals surface area contributed by atoms with Crippen molar-refractivity contribution in [2.75, 3.05) is 0 Å². The van der Waals surface area contributed by atoms with E-state index in [1.165, 1.54) is 23.4 Å². The quantitative estimate of drug-likeness (QED) is 0.840. The van der Waals surface area contributed by atoms with Crippen molar-refractivity contribution in [3.8, 4) is 0 Å². The van der Waals surface area contributed by atoms with Crippen LogP contribution in [0.5, 0.6) is 0 Å². The van der Waals surface area contributed by atoms with Gasteiger partial charge in [-0.2, -0.15) is 0 Å². The normalized spacial score (nSPS) is 12.7. The number of aliphatic hydroxyl groups excluding tert-OH is 1. The highest BCUT2D eigenvalue weighted by Gasteiger charge is 2.08. The van der Waals surface area contributed by atoms with Gasteiger partial charge in [-0.1, -0.05) is 43.8 Å². The lowest BCUT2D eigenvalue weighted by molar-refractivity contribution is 0.198. The SMILES string of the molecule is CC(C)c1ccc(Sc2ccc(C(C)O)cc2F)cc1. The number of rotatable bonds is 4. The summed E-state index contributed by atoms with van der Waals surface area (Å²) in [4.78, 5) is 1.59. The van der Waals surface area contributed by atoms with Crippen LogP contribution in [0.3, 0.4) is 0 Å². The first-order valence-electron chi connectivity index (χ1n) is 6.72. The zero-order valence-electron chi connectivity index (χ0n) is 11.9. The maximum Gasteiger partial charge on any atom is 0.137 e. The molecular weight excluding hydrogens is 271 g/mol. The monoisotopic (exact) mass is 290 g/mol. The second-order valence-electron chi connectivity index (χ2n) is 5.19. The van der Waals surface area contributed by atoms with Crippen molar-refractivity contribution in [2.45, 2.75) is 42.6 Å². The van der Waals surface area contributed by atoms with Gasteiger partial charge in [-0.25, -0.2) is 4.39 Å². The first-order chi connectivity index (χ1) is 9.47. The fourth-order valence-corrected chi connectivity index (χ4v) is 2.73. The van der Waals surface area contributed by atoms with Crippen LogP contribution in [0.2, 0.25) is 0 Å². The van der Waals surface area contributed by atoms with Crippen LogP contribution in [0.4, 0.5) is 4.39 Å². The topological polar surface area (TPSA) is 20.2 Å². The van der Waals surface area contributed by atoms with Crippen molar-refractivity contribution in [1.82, 2.24) is 0 Å². The third-order valence-electron chi connectivity index (χ3n) is 3.21. The molecule has 106 valence electrons. The van der Waals surface area contributed by atoms with E-state index in [0.29, 0.717) is 16.4 Å². The van der Waals surface area contributed by atoms with Gasteiger partial charge in [0.1, 0.15) is 5.82 Å². The van der Waals surface area contributed by atoms with Crippen LogP contribution in [-0.4, -0.2) is 5.11 Å². The summed E-state index contributed by atoms with van der Waals surface area (Å²) >= 11 is 1.40. The van der Waals surface area contributed by atoms with Crippen molar-refractivity contribution < 1.29 is 9.50 Å². The highest BCUT2D eigenvalue weighted by molar-refractivity contribution is 7.99. The van der Waals surface area contributed by atoms with Gasteiger partial charge in [0.15, 0.2) is 0 Å². The van der Waals surface area contributed by atoms with Crippen LogP contribution in [0.25, 0.3) is 0 Å². The molecule has 0 aliphatic carbocycles. The van der Waals surface area contributed by atoms with E-state index in [-0.39, 0.29) is 5.82 Å². The van der Waals surface area contributed by atoms with Crippen molar-refractivity contribution in [3.63, 3.8) is 0 Å². The predicted octanol–water partition coefficient (Wildman–Crippen LogP) is 5.15. The highest BCUT2D eigenvalue weighted by Crippen LogP contribution is 2.32.